The Morgan fingerprint density at radius 3 is 2.70 bits per heavy atom. The van der Waals surface area contributed by atoms with E-state index < -0.39 is 0 Å². The maximum absolute atomic E-state index is 12.0. The Bertz CT molecular complexity index is 662. The van der Waals surface area contributed by atoms with Crippen LogP contribution < -0.4 is 10.2 Å². The van der Waals surface area contributed by atoms with E-state index in [0.717, 1.165) is 5.69 Å². The van der Waals surface area contributed by atoms with Crippen LogP contribution in [0.4, 0.5) is 10.5 Å². The van der Waals surface area contributed by atoms with Gasteiger partial charge >= 0.3 is 6.03 Å². The summed E-state index contributed by atoms with van der Waals surface area (Å²) in [6.07, 6.45) is 2.94. The molecule has 0 radical (unpaired) electrons. The van der Waals surface area contributed by atoms with Crippen molar-refractivity contribution in [3.8, 4) is 6.07 Å². The normalized spacial score (nSPS) is 17.6. The lowest BCUT2D eigenvalue weighted by atomic mass is 10.2. The fourth-order valence-electron chi connectivity index (χ4n) is 2.11. The van der Waals surface area contributed by atoms with Crippen LogP contribution >= 0.6 is 0 Å². The van der Waals surface area contributed by atoms with Gasteiger partial charge < -0.3 is 5.32 Å². The highest BCUT2D eigenvalue weighted by molar-refractivity contribution is 5.94. The molecule has 0 aliphatic carbocycles. The van der Waals surface area contributed by atoms with Crippen LogP contribution in [0.15, 0.2) is 42.7 Å². The fraction of sp³-hybridized carbons (Fsp3) is 0.143. The summed E-state index contributed by atoms with van der Waals surface area (Å²) in [4.78, 5) is 21.8. The third kappa shape index (κ3) is 2.17. The number of hydrogen-bond acceptors (Lipinski definition) is 4. The van der Waals surface area contributed by atoms with Gasteiger partial charge in [0.2, 0.25) is 0 Å². The number of rotatable bonds is 2. The van der Waals surface area contributed by atoms with E-state index in [-0.39, 0.29) is 17.8 Å². The number of amides is 2. The molecule has 1 unspecified atom stereocenters. The van der Waals surface area contributed by atoms with Crippen LogP contribution in [0.1, 0.15) is 17.4 Å². The van der Waals surface area contributed by atoms with Crippen LogP contribution in [0.5, 0.6) is 0 Å². The van der Waals surface area contributed by atoms with Crippen molar-refractivity contribution in [3.05, 3.63) is 54.1 Å². The van der Waals surface area contributed by atoms with Crippen molar-refractivity contribution < 1.29 is 4.79 Å². The minimum Gasteiger partial charge on any atom is -0.327 e. The Balaban J connectivity index is 1.81. The first kappa shape index (κ1) is 12.1. The standard InChI is InChI=1S/C14H11N5O/c15-6-10-7-17-12(8-16-10)13-9-19(14(20)18-13)11-4-2-1-3-5-11/h1-5,7-8,13H,9H2,(H,18,20). The van der Waals surface area contributed by atoms with Crippen LogP contribution in [0, 0.1) is 11.3 Å². The average Bonchev–Trinajstić information content (AvgIpc) is 2.90. The van der Waals surface area contributed by atoms with Crippen molar-refractivity contribution in [1.82, 2.24) is 15.3 Å². The highest BCUT2D eigenvalue weighted by atomic mass is 16.2. The van der Waals surface area contributed by atoms with Gasteiger partial charge in [-0.05, 0) is 12.1 Å². The van der Waals surface area contributed by atoms with E-state index in [1.54, 1.807) is 4.90 Å². The van der Waals surface area contributed by atoms with Gasteiger partial charge in [0.15, 0.2) is 5.69 Å². The SMILES string of the molecule is N#Cc1cnc(C2CN(c3ccccc3)C(=O)N2)cn1. The summed E-state index contributed by atoms with van der Waals surface area (Å²) >= 11 is 0. The lowest BCUT2D eigenvalue weighted by Crippen LogP contribution is -2.27. The summed E-state index contributed by atoms with van der Waals surface area (Å²) < 4.78 is 0. The summed E-state index contributed by atoms with van der Waals surface area (Å²) in [6, 6.07) is 11.0. The van der Waals surface area contributed by atoms with Crippen molar-refractivity contribution in [1.29, 1.82) is 5.26 Å². The second kappa shape index (κ2) is 4.97. The Labute approximate surface area is 115 Å². The van der Waals surface area contributed by atoms with Crippen LogP contribution in [0.3, 0.4) is 0 Å². The number of urea groups is 1. The number of anilines is 1. The van der Waals surface area contributed by atoms with E-state index in [9.17, 15) is 4.79 Å². The van der Waals surface area contributed by atoms with Crippen molar-refractivity contribution in [2.24, 2.45) is 0 Å². The molecule has 1 aliphatic heterocycles. The molecule has 3 rings (SSSR count). The van der Waals surface area contributed by atoms with Gasteiger partial charge in [0.25, 0.3) is 0 Å². The zero-order valence-electron chi connectivity index (χ0n) is 10.5. The van der Waals surface area contributed by atoms with Crippen molar-refractivity contribution in [2.45, 2.75) is 6.04 Å². The van der Waals surface area contributed by atoms with Gasteiger partial charge in [0.05, 0.1) is 30.7 Å². The highest BCUT2D eigenvalue weighted by Gasteiger charge is 2.31. The Morgan fingerprint density at radius 2 is 2.05 bits per heavy atom. The molecule has 1 N–H and O–H groups in total. The summed E-state index contributed by atoms with van der Waals surface area (Å²) in [5.41, 5.74) is 1.75. The first-order valence-electron chi connectivity index (χ1n) is 6.13. The average molecular weight is 265 g/mol. The van der Waals surface area contributed by atoms with E-state index in [2.05, 4.69) is 15.3 Å². The van der Waals surface area contributed by atoms with Gasteiger partial charge in [-0.15, -0.1) is 0 Å². The Kier molecular flexibility index (Phi) is 3.01. The number of para-hydroxylation sites is 1. The third-order valence-electron chi connectivity index (χ3n) is 3.12. The van der Waals surface area contributed by atoms with E-state index in [0.29, 0.717) is 12.2 Å². The molecule has 20 heavy (non-hydrogen) atoms. The number of benzene rings is 1. The minimum absolute atomic E-state index is 0.160. The molecule has 1 saturated heterocycles. The molecule has 2 amide bonds. The first-order chi connectivity index (χ1) is 9.78. The van der Waals surface area contributed by atoms with Crippen LogP contribution in [-0.4, -0.2) is 22.5 Å². The third-order valence-corrected chi connectivity index (χ3v) is 3.12. The van der Waals surface area contributed by atoms with Crippen molar-refractivity contribution >= 4 is 11.7 Å². The topological polar surface area (TPSA) is 81.9 Å². The van der Waals surface area contributed by atoms with Gasteiger partial charge in [0, 0.05) is 5.69 Å². The number of nitrogens with one attached hydrogen (secondary N) is 1. The second-order valence-electron chi connectivity index (χ2n) is 4.39. The lowest BCUT2D eigenvalue weighted by molar-refractivity contribution is 0.251. The molecule has 2 heterocycles. The molecule has 6 heteroatoms. The lowest BCUT2D eigenvalue weighted by Gasteiger charge is -2.14. The molecule has 0 bridgehead atoms. The van der Waals surface area contributed by atoms with Gasteiger partial charge in [-0.25, -0.2) is 9.78 Å². The number of hydrogen-bond donors (Lipinski definition) is 1. The van der Waals surface area contributed by atoms with E-state index in [4.69, 9.17) is 5.26 Å². The van der Waals surface area contributed by atoms with Crippen LogP contribution in [0.2, 0.25) is 0 Å². The summed E-state index contributed by atoms with van der Waals surface area (Å²) in [6.45, 7) is 0.490. The predicted octanol–water partition coefficient (Wildman–Crippen LogP) is 1.62. The minimum atomic E-state index is -0.219. The molecule has 1 fully saturated rings. The molecular formula is C14H11N5O. The highest BCUT2D eigenvalue weighted by Crippen LogP contribution is 2.23. The molecule has 1 aromatic heterocycles. The maximum atomic E-state index is 12.0. The molecule has 6 nitrogen and oxygen atoms in total. The molecule has 1 aliphatic rings. The maximum Gasteiger partial charge on any atom is 0.322 e. The Hall–Kier alpha value is -2.94. The monoisotopic (exact) mass is 265 g/mol. The van der Waals surface area contributed by atoms with Crippen LogP contribution in [-0.2, 0) is 0 Å². The van der Waals surface area contributed by atoms with Gasteiger partial charge in [-0.3, -0.25) is 9.88 Å². The number of aromatic nitrogens is 2. The molecule has 98 valence electrons. The van der Waals surface area contributed by atoms with Gasteiger partial charge in [0.1, 0.15) is 6.07 Å². The van der Waals surface area contributed by atoms with Gasteiger partial charge in [-0.1, -0.05) is 18.2 Å². The van der Waals surface area contributed by atoms with Crippen LogP contribution in [0.25, 0.3) is 0 Å². The molecule has 1 atom stereocenters. The number of carbonyl (C=O) groups is 1. The molecule has 2 aromatic rings. The molecular weight excluding hydrogens is 254 g/mol. The summed E-state index contributed by atoms with van der Waals surface area (Å²) in [5.74, 6) is 0. The first-order valence-corrected chi connectivity index (χ1v) is 6.13. The molecule has 1 aromatic carbocycles. The second-order valence-corrected chi connectivity index (χ2v) is 4.39. The predicted molar refractivity (Wildman–Crippen MR) is 71.8 cm³/mol. The fourth-order valence-corrected chi connectivity index (χ4v) is 2.11. The number of nitriles is 1. The van der Waals surface area contributed by atoms with Gasteiger partial charge in [-0.2, -0.15) is 5.26 Å². The zero-order valence-corrected chi connectivity index (χ0v) is 10.5. The van der Waals surface area contributed by atoms with Crippen molar-refractivity contribution in [2.75, 3.05) is 11.4 Å². The molecule has 0 spiro atoms. The largest absolute Gasteiger partial charge is 0.327 e. The number of carbonyl (C=O) groups excluding carboxylic acids is 1. The van der Waals surface area contributed by atoms with E-state index in [1.807, 2.05) is 36.4 Å². The number of nitrogens with zero attached hydrogens (tertiary/aromatic N) is 4. The molecule has 0 saturated carbocycles. The summed E-state index contributed by atoms with van der Waals surface area (Å²) in [7, 11) is 0. The van der Waals surface area contributed by atoms with Crippen molar-refractivity contribution in [3.63, 3.8) is 0 Å². The zero-order chi connectivity index (χ0) is 13.9. The van der Waals surface area contributed by atoms with E-state index in [1.165, 1.54) is 12.4 Å². The van der Waals surface area contributed by atoms with E-state index >= 15 is 0 Å². The smallest absolute Gasteiger partial charge is 0.322 e. The Morgan fingerprint density at radius 1 is 1.25 bits per heavy atom. The summed E-state index contributed by atoms with van der Waals surface area (Å²) in [5, 5.41) is 11.6. The quantitative estimate of drug-likeness (QED) is 0.894.